The van der Waals surface area contributed by atoms with Gasteiger partial charge in [-0.1, -0.05) is 26.5 Å². The van der Waals surface area contributed by atoms with E-state index in [4.69, 9.17) is 4.74 Å². The molecule has 0 aliphatic carbocycles. The summed E-state index contributed by atoms with van der Waals surface area (Å²) in [5, 5.41) is 3.83. The van der Waals surface area contributed by atoms with Gasteiger partial charge < -0.3 is 14.6 Å². The van der Waals surface area contributed by atoms with Crippen LogP contribution in [0.15, 0.2) is 73.7 Å². The predicted molar refractivity (Wildman–Crippen MR) is 123 cm³/mol. The van der Waals surface area contributed by atoms with E-state index in [0.717, 1.165) is 35.2 Å². The van der Waals surface area contributed by atoms with Gasteiger partial charge in [-0.3, -0.25) is 0 Å². The number of anilines is 1. The Hall–Kier alpha value is -3.81. The van der Waals surface area contributed by atoms with Crippen LogP contribution in [0.3, 0.4) is 0 Å². The first-order valence-corrected chi connectivity index (χ1v) is 10.4. The van der Waals surface area contributed by atoms with Crippen molar-refractivity contribution in [3.63, 3.8) is 0 Å². The zero-order chi connectivity index (χ0) is 23.6. The third kappa shape index (κ3) is 5.34. The van der Waals surface area contributed by atoms with Crippen molar-refractivity contribution in [2.24, 2.45) is 5.92 Å². The summed E-state index contributed by atoms with van der Waals surface area (Å²) in [7, 11) is 0. The first kappa shape index (κ1) is 22.4. The zero-order valence-electron chi connectivity index (χ0n) is 18.2. The Balaban J connectivity index is 1.52. The minimum absolute atomic E-state index is 0.303. The molecule has 5 nitrogen and oxygen atoms in total. The summed E-state index contributed by atoms with van der Waals surface area (Å²) >= 11 is 0. The number of nitrogens with one attached hydrogen (secondary N) is 1. The van der Waals surface area contributed by atoms with Gasteiger partial charge in [0.25, 0.3) is 0 Å². The molecule has 0 radical (unpaired) electrons. The van der Waals surface area contributed by atoms with Crippen LogP contribution in [-0.4, -0.2) is 14.5 Å². The Kier molecular flexibility index (Phi) is 6.09. The topological polar surface area (TPSA) is 52.0 Å². The van der Waals surface area contributed by atoms with Crippen molar-refractivity contribution in [1.82, 2.24) is 14.5 Å². The van der Waals surface area contributed by atoms with Gasteiger partial charge in [-0.15, -0.1) is 0 Å². The summed E-state index contributed by atoms with van der Waals surface area (Å²) < 4.78 is 46.6. The number of hydrogen-bond acceptors (Lipinski definition) is 4. The highest BCUT2D eigenvalue weighted by atomic mass is 19.4. The Morgan fingerprint density at radius 1 is 1.09 bits per heavy atom. The van der Waals surface area contributed by atoms with E-state index in [2.05, 4.69) is 35.7 Å². The minimum Gasteiger partial charge on any atom is -0.439 e. The second kappa shape index (κ2) is 8.97. The summed E-state index contributed by atoms with van der Waals surface area (Å²) in [4.78, 5) is 8.46. The average Bonchev–Trinajstić information content (AvgIpc) is 3.16. The Bertz CT molecular complexity index is 1290. The van der Waals surface area contributed by atoms with E-state index in [9.17, 15) is 13.2 Å². The molecule has 0 amide bonds. The largest absolute Gasteiger partial charge is 0.439 e. The molecule has 0 aliphatic rings. The second-order valence-corrected chi connectivity index (χ2v) is 8.10. The molecule has 0 atom stereocenters. The van der Waals surface area contributed by atoms with Gasteiger partial charge in [0.2, 0.25) is 5.88 Å². The van der Waals surface area contributed by atoms with Crippen LogP contribution in [0, 0.1) is 5.92 Å². The van der Waals surface area contributed by atoms with Gasteiger partial charge in [0.05, 0.1) is 11.1 Å². The van der Waals surface area contributed by atoms with Crippen molar-refractivity contribution in [1.29, 1.82) is 0 Å². The molecule has 0 saturated heterocycles. The predicted octanol–water partition coefficient (Wildman–Crippen LogP) is 6.98. The van der Waals surface area contributed by atoms with Gasteiger partial charge >= 0.3 is 6.18 Å². The average molecular weight is 452 g/mol. The van der Waals surface area contributed by atoms with Gasteiger partial charge in [0.1, 0.15) is 17.9 Å². The van der Waals surface area contributed by atoms with Gasteiger partial charge in [-0.2, -0.15) is 13.2 Å². The van der Waals surface area contributed by atoms with E-state index in [1.807, 2.05) is 24.3 Å². The molecule has 0 fully saturated rings. The fourth-order valence-electron chi connectivity index (χ4n) is 3.50. The lowest BCUT2D eigenvalue weighted by atomic mass is 10.1. The summed E-state index contributed by atoms with van der Waals surface area (Å²) in [5.41, 5.74) is 1.33. The Labute approximate surface area is 189 Å². The quantitative estimate of drug-likeness (QED) is 0.329. The normalized spacial score (nSPS) is 11.7. The summed E-state index contributed by atoms with van der Waals surface area (Å²) in [6.45, 7) is 8.22. The lowest BCUT2D eigenvalue weighted by molar-refractivity contribution is -0.137. The number of rotatable bonds is 7. The number of nitrogens with zero attached hydrogens (tertiary/aromatic N) is 3. The molecular formula is C25H23F3N4O. The molecule has 4 aromatic rings. The Morgan fingerprint density at radius 3 is 2.67 bits per heavy atom. The first-order valence-electron chi connectivity index (χ1n) is 10.4. The Morgan fingerprint density at radius 2 is 1.91 bits per heavy atom. The molecule has 8 heteroatoms. The van der Waals surface area contributed by atoms with Crippen molar-refractivity contribution in [2.75, 3.05) is 5.32 Å². The van der Waals surface area contributed by atoms with E-state index in [-0.39, 0.29) is 0 Å². The standard InChI is InChI=1S/C25H23F3N4O/c1-16(2)11-21-14-24(30-15-29-21)33-22-7-8-23-18(12-22)9-10-32(23)17(3)31-20-6-4-5-19(13-20)25(26,27)28/h4-10,12-16,31H,3,11H2,1-2H3. The van der Waals surface area contributed by atoms with E-state index < -0.39 is 11.7 Å². The maximum Gasteiger partial charge on any atom is 0.416 e. The number of fused-ring (bicyclic) bond motifs is 1. The molecule has 33 heavy (non-hydrogen) atoms. The summed E-state index contributed by atoms with van der Waals surface area (Å²) in [5.74, 6) is 1.98. The molecule has 2 aromatic carbocycles. The fourth-order valence-corrected chi connectivity index (χ4v) is 3.50. The SMILES string of the molecule is C=C(Nc1cccc(C(F)(F)F)c1)n1ccc2cc(Oc3cc(CC(C)C)ncn3)ccc21. The van der Waals surface area contributed by atoms with Gasteiger partial charge in [0, 0.05) is 29.0 Å². The van der Waals surface area contributed by atoms with E-state index in [1.54, 1.807) is 22.9 Å². The zero-order valence-corrected chi connectivity index (χ0v) is 18.2. The van der Waals surface area contributed by atoms with Gasteiger partial charge in [0.15, 0.2) is 0 Å². The molecule has 0 aliphatic heterocycles. The van der Waals surface area contributed by atoms with Gasteiger partial charge in [-0.05, 0) is 54.8 Å². The second-order valence-electron chi connectivity index (χ2n) is 8.10. The highest BCUT2D eigenvalue weighted by Gasteiger charge is 2.30. The van der Waals surface area contributed by atoms with Crippen molar-refractivity contribution in [2.45, 2.75) is 26.4 Å². The maximum atomic E-state index is 13.0. The van der Waals surface area contributed by atoms with Crippen LogP contribution in [0.1, 0.15) is 25.1 Å². The molecular weight excluding hydrogens is 429 g/mol. The lowest BCUT2D eigenvalue weighted by Crippen LogP contribution is -2.08. The summed E-state index contributed by atoms with van der Waals surface area (Å²) in [6, 6.07) is 14.3. The van der Waals surface area contributed by atoms with Gasteiger partial charge in [-0.25, -0.2) is 9.97 Å². The number of alkyl halides is 3. The van der Waals surface area contributed by atoms with Crippen LogP contribution in [0.25, 0.3) is 16.7 Å². The highest BCUT2D eigenvalue weighted by molar-refractivity contribution is 5.86. The third-order valence-corrected chi connectivity index (χ3v) is 4.97. The van der Waals surface area contributed by atoms with E-state index in [0.29, 0.717) is 29.1 Å². The number of benzene rings is 2. The molecule has 170 valence electrons. The first-order chi connectivity index (χ1) is 15.7. The third-order valence-electron chi connectivity index (χ3n) is 4.97. The van der Waals surface area contributed by atoms with Crippen LogP contribution in [0.5, 0.6) is 11.6 Å². The van der Waals surface area contributed by atoms with Crippen molar-refractivity contribution in [3.8, 4) is 11.6 Å². The number of ether oxygens (including phenoxy) is 1. The molecule has 0 saturated carbocycles. The van der Waals surface area contributed by atoms with Crippen molar-refractivity contribution < 1.29 is 17.9 Å². The molecule has 0 bridgehead atoms. The monoisotopic (exact) mass is 452 g/mol. The van der Waals surface area contributed by atoms with Crippen molar-refractivity contribution in [3.05, 3.63) is 85.0 Å². The summed E-state index contributed by atoms with van der Waals surface area (Å²) in [6.07, 6.45) is -0.287. The smallest absolute Gasteiger partial charge is 0.416 e. The molecule has 2 heterocycles. The van der Waals surface area contributed by atoms with Crippen LogP contribution in [0.2, 0.25) is 0 Å². The number of hydrogen-bond donors (Lipinski definition) is 1. The molecule has 0 spiro atoms. The number of halogens is 3. The van der Waals surface area contributed by atoms with Crippen LogP contribution in [-0.2, 0) is 12.6 Å². The number of aromatic nitrogens is 3. The maximum absolute atomic E-state index is 13.0. The van der Waals surface area contributed by atoms with Crippen molar-refractivity contribution >= 4 is 22.4 Å². The minimum atomic E-state index is -4.41. The van der Waals surface area contributed by atoms with Crippen LogP contribution in [0.4, 0.5) is 18.9 Å². The lowest BCUT2D eigenvalue weighted by Gasteiger charge is -2.14. The molecule has 1 N–H and O–H groups in total. The molecule has 2 aromatic heterocycles. The van der Waals surface area contributed by atoms with Crippen LogP contribution >= 0.6 is 0 Å². The van der Waals surface area contributed by atoms with E-state index >= 15 is 0 Å². The van der Waals surface area contributed by atoms with E-state index in [1.165, 1.54) is 12.4 Å². The molecule has 0 unspecified atom stereocenters. The highest BCUT2D eigenvalue weighted by Crippen LogP contribution is 2.32. The van der Waals surface area contributed by atoms with Crippen LogP contribution < -0.4 is 10.1 Å². The fraction of sp³-hybridized carbons (Fsp3) is 0.200. The molecule has 4 rings (SSSR count).